The Hall–Kier alpha value is -2.59. The minimum Gasteiger partial charge on any atom is -0.493 e. The SMILES string of the molecule is Cc1ccc(OCCC(=O)N2CCN(S(=O)(=O)c3cccc(C(F)(F)F)c3)CC2)cc1. The van der Waals surface area contributed by atoms with Crippen LogP contribution in [0.3, 0.4) is 0 Å². The van der Waals surface area contributed by atoms with Crippen molar-refractivity contribution in [2.75, 3.05) is 32.8 Å². The first kappa shape index (κ1) is 23.1. The van der Waals surface area contributed by atoms with E-state index in [2.05, 4.69) is 0 Å². The quantitative estimate of drug-likeness (QED) is 0.669. The molecule has 6 nitrogen and oxygen atoms in total. The first-order chi connectivity index (χ1) is 14.6. The lowest BCUT2D eigenvalue weighted by atomic mass is 10.2. The number of piperazine rings is 1. The van der Waals surface area contributed by atoms with Crippen LogP contribution in [-0.2, 0) is 21.0 Å². The molecule has 3 rings (SSSR count). The maximum Gasteiger partial charge on any atom is 0.416 e. The van der Waals surface area contributed by atoms with Crippen molar-refractivity contribution in [2.24, 2.45) is 0 Å². The van der Waals surface area contributed by atoms with Crippen LogP contribution in [0.2, 0.25) is 0 Å². The van der Waals surface area contributed by atoms with Crippen LogP contribution in [0.15, 0.2) is 53.4 Å². The molecule has 1 amide bonds. The molecule has 1 fully saturated rings. The molecule has 2 aromatic rings. The second kappa shape index (κ2) is 9.27. The molecule has 0 N–H and O–H groups in total. The number of amides is 1. The van der Waals surface area contributed by atoms with Crippen LogP contribution in [0.1, 0.15) is 17.5 Å². The van der Waals surface area contributed by atoms with Gasteiger partial charge in [0, 0.05) is 26.2 Å². The van der Waals surface area contributed by atoms with Crippen LogP contribution in [-0.4, -0.2) is 56.3 Å². The number of nitrogens with zero attached hydrogens (tertiary/aromatic N) is 2. The molecular formula is C21H23F3N2O4S. The molecule has 10 heteroatoms. The fraction of sp³-hybridized carbons (Fsp3) is 0.381. The van der Waals surface area contributed by atoms with Gasteiger partial charge < -0.3 is 9.64 Å². The summed E-state index contributed by atoms with van der Waals surface area (Å²) >= 11 is 0. The van der Waals surface area contributed by atoms with Gasteiger partial charge >= 0.3 is 6.18 Å². The van der Waals surface area contributed by atoms with Gasteiger partial charge in [-0.15, -0.1) is 0 Å². The number of hydrogen-bond acceptors (Lipinski definition) is 4. The number of alkyl halides is 3. The number of benzene rings is 2. The van der Waals surface area contributed by atoms with Gasteiger partial charge in [0.1, 0.15) is 5.75 Å². The molecule has 1 saturated heterocycles. The molecule has 1 aliphatic heterocycles. The Labute approximate surface area is 179 Å². The molecule has 0 atom stereocenters. The van der Waals surface area contributed by atoms with Gasteiger partial charge in [0.2, 0.25) is 15.9 Å². The van der Waals surface area contributed by atoms with E-state index < -0.39 is 26.7 Å². The van der Waals surface area contributed by atoms with Gasteiger partial charge in [-0.25, -0.2) is 8.42 Å². The first-order valence-electron chi connectivity index (χ1n) is 9.72. The molecular weight excluding hydrogens is 433 g/mol. The summed E-state index contributed by atoms with van der Waals surface area (Å²) in [5.41, 5.74) is 0.0809. The smallest absolute Gasteiger partial charge is 0.416 e. The summed E-state index contributed by atoms with van der Waals surface area (Å²) in [6, 6.07) is 11.1. The van der Waals surface area contributed by atoms with Crippen molar-refractivity contribution in [1.82, 2.24) is 9.21 Å². The minimum absolute atomic E-state index is 0.0170. The van der Waals surface area contributed by atoms with E-state index in [1.165, 1.54) is 4.90 Å². The van der Waals surface area contributed by atoms with Crippen molar-refractivity contribution in [3.05, 3.63) is 59.7 Å². The lowest BCUT2D eigenvalue weighted by Crippen LogP contribution is -2.50. The number of rotatable bonds is 6. The van der Waals surface area contributed by atoms with Crippen molar-refractivity contribution in [3.8, 4) is 5.75 Å². The zero-order valence-corrected chi connectivity index (χ0v) is 17.7. The molecule has 0 aromatic heterocycles. The molecule has 31 heavy (non-hydrogen) atoms. The van der Waals surface area contributed by atoms with Gasteiger partial charge in [-0.1, -0.05) is 23.8 Å². The highest BCUT2D eigenvalue weighted by Crippen LogP contribution is 2.31. The van der Waals surface area contributed by atoms with Crippen molar-refractivity contribution >= 4 is 15.9 Å². The number of ether oxygens (including phenoxy) is 1. The summed E-state index contributed by atoms with van der Waals surface area (Å²) in [6.07, 6.45) is -4.48. The van der Waals surface area contributed by atoms with Gasteiger partial charge in [-0.05, 0) is 37.3 Å². The molecule has 0 aliphatic carbocycles. The molecule has 0 bridgehead atoms. The first-order valence-corrected chi connectivity index (χ1v) is 11.2. The van der Waals surface area contributed by atoms with E-state index in [0.717, 1.165) is 28.1 Å². The molecule has 0 saturated carbocycles. The fourth-order valence-corrected chi connectivity index (χ4v) is 4.68. The van der Waals surface area contributed by atoms with Crippen LogP contribution < -0.4 is 4.74 Å². The fourth-order valence-electron chi connectivity index (χ4n) is 3.21. The largest absolute Gasteiger partial charge is 0.493 e. The van der Waals surface area contributed by atoms with Gasteiger partial charge in [0.25, 0.3) is 0 Å². The molecule has 0 spiro atoms. The van der Waals surface area contributed by atoms with Crippen LogP contribution in [0.5, 0.6) is 5.75 Å². The molecule has 1 aliphatic rings. The number of carbonyl (C=O) groups excluding carboxylic acids is 1. The van der Waals surface area contributed by atoms with Crippen molar-refractivity contribution < 1.29 is 31.1 Å². The maximum atomic E-state index is 12.9. The van der Waals surface area contributed by atoms with Gasteiger partial charge in [0.05, 0.1) is 23.5 Å². The zero-order chi connectivity index (χ0) is 22.6. The summed E-state index contributed by atoms with van der Waals surface area (Å²) in [6.45, 7) is 2.53. The molecule has 168 valence electrons. The van der Waals surface area contributed by atoms with Gasteiger partial charge in [0.15, 0.2) is 0 Å². The van der Waals surface area contributed by atoms with E-state index >= 15 is 0 Å². The van der Waals surface area contributed by atoms with E-state index in [9.17, 15) is 26.4 Å². The van der Waals surface area contributed by atoms with E-state index in [-0.39, 0.29) is 45.1 Å². The number of hydrogen-bond donors (Lipinski definition) is 0. The topological polar surface area (TPSA) is 66.9 Å². The second-order valence-corrected chi connectivity index (χ2v) is 9.16. The van der Waals surface area contributed by atoms with Crippen molar-refractivity contribution in [2.45, 2.75) is 24.4 Å². The predicted octanol–water partition coefficient (Wildman–Crippen LogP) is 3.32. The Morgan fingerprint density at radius 3 is 2.29 bits per heavy atom. The third kappa shape index (κ3) is 5.76. The van der Waals surface area contributed by atoms with Crippen LogP contribution in [0, 0.1) is 6.92 Å². The van der Waals surface area contributed by atoms with Gasteiger partial charge in [-0.3, -0.25) is 4.79 Å². The third-order valence-electron chi connectivity index (χ3n) is 5.00. The lowest BCUT2D eigenvalue weighted by molar-refractivity contribution is -0.137. The molecule has 2 aromatic carbocycles. The Kier molecular flexibility index (Phi) is 6.90. The number of halogens is 3. The highest BCUT2D eigenvalue weighted by molar-refractivity contribution is 7.89. The predicted molar refractivity (Wildman–Crippen MR) is 108 cm³/mol. The monoisotopic (exact) mass is 456 g/mol. The average molecular weight is 456 g/mol. The molecule has 0 unspecified atom stereocenters. The Morgan fingerprint density at radius 2 is 1.68 bits per heavy atom. The van der Waals surface area contributed by atoms with E-state index in [0.29, 0.717) is 11.8 Å². The number of carbonyl (C=O) groups is 1. The van der Waals surface area contributed by atoms with E-state index in [4.69, 9.17) is 4.74 Å². The Balaban J connectivity index is 1.53. The van der Waals surface area contributed by atoms with Crippen molar-refractivity contribution in [1.29, 1.82) is 0 Å². The van der Waals surface area contributed by atoms with E-state index in [1.807, 2.05) is 31.2 Å². The Morgan fingerprint density at radius 1 is 1.03 bits per heavy atom. The standard InChI is InChI=1S/C21H23F3N2O4S/c1-16-5-7-18(8-6-16)30-14-9-20(27)25-10-12-26(13-11-25)31(28,29)19-4-2-3-17(15-19)21(22,23)24/h2-8,15H,9-14H2,1H3. The highest BCUT2D eigenvalue weighted by atomic mass is 32.2. The number of sulfonamides is 1. The number of aryl methyl sites for hydroxylation is 1. The third-order valence-corrected chi connectivity index (χ3v) is 6.89. The lowest BCUT2D eigenvalue weighted by Gasteiger charge is -2.34. The normalized spacial score (nSPS) is 15.7. The second-order valence-electron chi connectivity index (χ2n) is 7.22. The van der Waals surface area contributed by atoms with E-state index in [1.54, 1.807) is 0 Å². The van der Waals surface area contributed by atoms with Crippen LogP contribution >= 0.6 is 0 Å². The molecule has 1 heterocycles. The molecule has 0 radical (unpaired) electrons. The minimum atomic E-state index is -4.63. The average Bonchev–Trinajstić information content (AvgIpc) is 2.74. The summed E-state index contributed by atoms with van der Waals surface area (Å²) in [7, 11) is -4.08. The Bertz CT molecular complexity index is 1020. The maximum absolute atomic E-state index is 12.9. The summed E-state index contributed by atoms with van der Waals surface area (Å²) in [5, 5.41) is 0. The van der Waals surface area contributed by atoms with Crippen LogP contribution in [0.25, 0.3) is 0 Å². The van der Waals surface area contributed by atoms with Crippen molar-refractivity contribution in [3.63, 3.8) is 0 Å². The summed E-state index contributed by atoms with van der Waals surface area (Å²) < 4.78 is 70.8. The summed E-state index contributed by atoms with van der Waals surface area (Å²) in [5.74, 6) is 0.499. The van der Waals surface area contributed by atoms with Crippen LogP contribution in [0.4, 0.5) is 13.2 Å². The zero-order valence-electron chi connectivity index (χ0n) is 16.9. The van der Waals surface area contributed by atoms with Gasteiger partial charge in [-0.2, -0.15) is 17.5 Å². The summed E-state index contributed by atoms with van der Waals surface area (Å²) in [4.78, 5) is 13.5. The highest BCUT2D eigenvalue weighted by Gasteiger charge is 2.34.